The molecule has 0 saturated carbocycles. The van der Waals surface area contributed by atoms with Gasteiger partial charge in [0.15, 0.2) is 0 Å². The van der Waals surface area contributed by atoms with Crippen molar-refractivity contribution in [1.82, 2.24) is 5.32 Å². The van der Waals surface area contributed by atoms with Crippen LogP contribution in [-0.2, 0) is 11.3 Å². The van der Waals surface area contributed by atoms with Gasteiger partial charge in [-0.2, -0.15) is 0 Å². The molecule has 2 nitrogen and oxygen atoms in total. The number of hydrogen-bond donors (Lipinski definition) is 1. The molecule has 1 aromatic rings. The van der Waals surface area contributed by atoms with Crippen LogP contribution in [0.5, 0.6) is 0 Å². The second-order valence-electron chi connectivity index (χ2n) is 6.23. The fourth-order valence-corrected chi connectivity index (χ4v) is 3.01. The highest BCUT2D eigenvalue weighted by molar-refractivity contribution is 7.99. The zero-order chi connectivity index (χ0) is 15.0. The van der Waals surface area contributed by atoms with Crippen LogP contribution >= 0.6 is 11.8 Å². The smallest absolute Gasteiger partial charge is 0.0630 e. The highest BCUT2D eigenvalue weighted by Gasteiger charge is 2.15. The molecule has 0 heterocycles. The molecule has 0 radical (unpaired) electrons. The highest BCUT2D eigenvalue weighted by Crippen LogP contribution is 2.24. The van der Waals surface area contributed by atoms with Crippen molar-refractivity contribution in [3.05, 3.63) is 29.8 Å². The number of thioether (sulfide) groups is 1. The van der Waals surface area contributed by atoms with Crippen LogP contribution in [0.1, 0.15) is 39.7 Å². The van der Waals surface area contributed by atoms with Gasteiger partial charge >= 0.3 is 0 Å². The Balaban J connectivity index is 2.39. The summed E-state index contributed by atoms with van der Waals surface area (Å²) < 4.78 is 5.45. The number of nitrogens with one attached hydrogen (secondary N) is 1. The van der Waals surface area contributed by atoms with Gasteiger partial charge in [0.25, 0.3) is 0 Å². The first kappa shape index (κ1) is 17.5. The Morgan fingerprint density at radius 2 is 2.05 bits per heavy atom. The number of ether oxygens (including phenoxy) is 1. The second kappa shape index (κ2) is 8.71. The monoisotopic (exact) mass is 295 g/mol. The van der Waals surface area contributed by atoms with Crippen LogP contribution in [0.2, 0.25) is 0 Å². The number of benzene rings is 1. The first-order valence-corrected chi connectivity index (χ1v) is 8.39. The molecule has 3 heteroatoms. The summed E-state index contributed by atoms with van der Waals surface area (Å²) in [6, 6.07) is 8.82. The van der Waals surface area contributed by atoms with Gasteiger partial charge in [-0.3, -0.25) is 0 Å². The normalized spacial score (nSPS) is 12.1. The molecule has 20 heavy (non-hydrogen) atoms. The third-order valence-corrected chi connectivity index (χ3v) is 4.30. The minimum Gasteiger partial charge on any atom is -0.379 e. The van der Waals surface area contributed by atoms with Crippen LogP contribution in [0.15, 0.2) is 29.2 Å². The lowest BCUT2D eigenvalue weighted by Gasteiger charge is -2.22. The van der Waals surface area contributed by atoms with Gasteiger partial charge in [-0.1, -0.05) is 26.0 Å². The van der Waals surface area contributed by atoms with Crippen molar-refractivity contribution in [3.63, 3.8) is 0 Å². The third kappa shape index (κ3) is 7.32. The average Bonchev–Trinajstić information content (AvgIpc) is 2.39. The van der Waals surface area contributed by atoms with Gasteiger partial charge in [-0.15, -0.1) is 11.8 Å². The summed E-state index contributed by atoms with van der Waals surface area (Å²) in [5.74, 6) is 1.79. The second-order valence-corrected chi connectivity index (χ2v) is 7.40. The van der Waals surface area contributed by atoms with Crippen LogP contribution in [0.25, 0.3) is 0 Å². The molecule has 1 rings (SSSR count). The molecule has 0 saturated heterocycles. The molecule has 0 bridgehead atoms. The standard InChI is InChI=1S/C17H29NOS/c1-14(2)12-18-13-15-7-6-8-16(11-15)20-10-9-17(3,4)19-5/h6-8,11,14,18H,9-10,12-13H2,1-5H3. The first-order valence-electron chi connectivity index (χ1n) is 7.40. The predicted molar refractivity (Wildman–Crippen MR) is 89.4 cm³/mol. The van der Waals surface area contributed by atoms with Gasteiger partial charge in [0, 0.05) is 24.3 Å². The minimum absolute atomic E-state index is 0.0244. The number of hydrogen-bond acceptors (Lipinski definition) is 3. The Bertz CT molecular complexity index is 390. The maximum Gasteiger partial charge on any atom is 0.0630 e. The average molecular weight is 295 g/mol. The third-order valence-electron chi connectivity index (χ3n) is 3.31. The molecule has 0 aliphatic rings. The Morgan fingerprint density at radius 3 is 2.70 bits per heavy atom. The van der Waals surface area contributed by atoms with Gasteiger partial charge in [-0.05, 0) is 50.4 Å². The van der Waals surface area contributed by atoms with E-state index in [9.17, 15) is 0 Å². The van der Waals surface area contributed by atoms with Crippen molar-refractivity contribution in [3.8, 4) is 0 Å². The fraction of sp³-hybridized carbons (Fsp3) is 0.647. The molecule has 1 aromatic carbocycles. The zero-order valence-corrected chi connectivity index (χ0v) is 14.3. The molecule has 0 unspecified atom stereocenters. The lowest BCUT2D eigenvalue weighted by atomic mass is 10.1. The van der Waals surface area contributed by atoms with E-state index in [0.717, 1.165) is 25.3 Å². The summed E-state index contributed by atoms with van der Waals surface area (Å²) in [6.07, 6.45) is 1.06. The molecular weight excluding hydrogens is 266 g/mol. The SMILES string of the molecule is COC(C)(C)CCSc1cccc(CNCC(C)C)c1. The summed E-state index contributed by atoms with van der Waals surface area (Å²) in [5.41, 5.74) is 1.34. The van der Waals surface area contributed by atoms with Crippen LogP contribution in [0.4, 0.5) is 0 Å². The maximum atomic E-state index is 5.45. The molecular formula is C17H29NOS. The van der Waals surface area contributed by atoms with Crippen molar-refractivity contribution >= 4 is 11.8 Å². The predicted octanol–water partition coefficient (Wildman–Crippen LogP) is 4.34. The summed E-state index contributed by atoms with van der Waals surface area (Å²) in [5, 5.41) is 3.49. The van der Waals surface area contributed by atoms with E-state index in [0.29, 0.717) is 5.92 Å². The number of rotatable bonds is 9. The van der Waals surface area contributed by atoms with Crippen LogP contribution in [-0.4, -0.2) is 25.0 Å². The van der Waals surface area contributed by atoms with Crippen molar-refractivity contribution in [2.45, 2.75) is 51.2 Å². The largest absolute Gasteiger partial charge is 0.379 e. The Hall–Kier alpha value is -0.510. The first-order chi connectivity index (χ1) is 9.43. The Morgan fingerprint density at radius 1 is 1.30 bits per heavy atom. The molecule has 0 spiro atoms. The molecule has 1 N–H and O–H groups in total. The maximum absolute atomic E-state index is 5.45. The lowest BCUT2D eigenvalue weighted by Crippen LogP contribution is -2.22. The summed E-state index contributed by atoms with van der Waals surface area (Å²) >= 11 is 1.91. The zero-order valence-electron chi connectivity index (χ0n) is 13.5. The van der Waals surface area contributed by atoms with Gasteiger partial charge in [0.2, 0.25) is 0 Å². The lowest BCUT2D eigenvalue weighted by molar-refractivity contribution is 0.0207. The van der Waals surface area contributed by atoms with E-state index in [1.807, 2.05) is 11.8 Å². The topological polar surface area (TPSA) is 21.3 Å². The van der Waals surface area contributed by atoms with Gasteiger partial charge in [0.1, 0.15) is 0 Å². The van der Waals surface area contributed by atoms with E-state index in [1.165, 1.54) is 10.5 Å². The van der Waals surface area contributed by atoms with E-state index >= 15 is 0 Å². The van der Waals surface area contributed by atoms with Gasteiger partial charge in [0.05, 0.1) is 5.60 Å². The van der Waals surface area contributed by atoms with Crippen LogP contribution in [0.3, 0.4) is 0 Å². The molecule has 0 atom stereocenters. The molecule has 0 aromatic heterocycles. The minimum atomic E-state index is -0.0244. The van der Waals surface area contributed by atoms with Crippen LogP contribution < -0.4 is 5.32 Å². The summed E-state index contributed by atoms with van der Waals surface area (Å²) in [7, 11) is 1.78. The van der Waals surface area contributed by atoms with E-state index in [1.54, 1.807) is 7.11 Å². The molecule has 0 amide bonds. The fourth-order valence-electron chi connectivity index (χ4n) is 1.77. The quantitative estimate of drug-likeness (QED) is 0.685. The Labute approximate surface area is 128 Å². The van der Waals surface area contributed by atoms with E-state index in [-0.39, 0.29) is 5.60 Å². The number of methoxy groups -OCH3 is 1. The van der Waals surface area contributed by atoms with Crippen molar-refractivity contribution in [2.24, 2.45) is 5.92 Å². The molecule has 0 aliphatic heterocycles. The van der Waals surface area contributed by atoms with E-state index < -0.39 is 0 Å². The molecule has 114 valence electrons. The van der Waals surface area contributed by atoms with Gasteiger partial charge < -0.3 is 10.1 Å². The molecule has 0 aliphatic carbocycles. The van der Waals surface area contributed by atoms with Crippen molar-refractivity contribution in [1.29, 1.82) is 0 Å². The Kier molecular flexibility index (Phi) is 7.63. The van der Waals surface area contributed by atoms with E-state index in [4.69, 9.17) is 4.74 Å². The summed E-state index contributed by atoms with van der Waals surface area (Å²) in [6.45, 7) is 10.8. The van der Waals surface area contributed by atoms with E-state index in [2.05, 4.69) is 57.3 Å². The highest BCUT2D eigenvalue weighted by atomic mass is 32.2. The molecule has 0 fully saturated rings. The van der Waals surface area contributed by atoms with Crippen molar-refractivity contribution < 1.29 is 4.74 Å². The summed E-state index contributed by atoms with van der Waals surface area (Å²) in [4.78, 5) is 1.35. The van der Waals surface area contributed by atoms with Crippen LogP contribution in [0, 0.1) is 5.92 Å². The van der Waals surface area contributed by atoms with Crippen molar-refractivity contribution in [2.75, 3.05) is 19.4 Å². The van der Waals surface area contributed by atoms with Gasteiger partial charge in [-0.25, -0.2) is 0 Å².